The monoisotopic (exact) mass is 248 g/mol. The zero-order valence-corrected chi connectivity index (χ0v) is 10.3. The van der Waals surface area contributed by atoms with Gasteiger partial charge in [0, 0.05) is 13.2 Å². The zero-order valence-electron chi connectivity index (χ0n) is 10.3. The molecule has 0 radical (unpaired) electrons. The second kappa shape index (κ2) is 4.85. The van der Waals surface area contributed by atoms with Gasteiger partial charge in [-0.2, -0.15) is 0 Å². The van der Waals surface area contributed by atoms with Crippen molar-refractivity contribution >= 4 is 17.0 Å². The molecule has 0 aromatic carbocycles. The van der Waals surface area contributed by atoms with Crippen molar-refractivity contribution in [2.75, 3.05) is 18.5 Å². The van der Waals surface area contributed by atoms with Gasteiger partial charge in [0.15, 0.2) is 17.0 Å². The van der Waals surface area contributed by atoms with Crippen LogP contribution in [0.3, 0.4) is 0 Å². The molecule has 1 aliphatic heterocycles. The van der Waals surface area contributed by atoms with E-state index in [1.54, 1.807) is 4.68 Å². The normalized spacial score (nSPS) is 19.5. The number of ether oxygens (including phenoxy) is 1. The number of nitrogens with one attached hydrogen (secondary N) is 1. The number of rotatable bonds is 4. The molecule has 1 N–H and O–H groups in total. The van der Waals surface area contributed by atoms with Gasteiger partial charge in [-0.3, -0.25) is 0 Å². The molecule has 7 heteroatoms. The third-order valence-electron chi connectivity index (χ3n) is 3.04. The molecule has 1 atom stereocenters. The Morgan fingerprint density at radius 2 is 2.44 bits per heavy atom. The molecule has 7 nitrogen and oxygen atoms in total. The number of nitrogens with zero attached hydrogens (tertiary/aromatic N) is 5. The van der Waals surface area contributed by atoms with Gasteiger partial charge in [0.25, 0.3) is 0 Å². The van der Waals surface area contributed by atoms with Crippen LogP contribution in [0.15, 0.2) is 6.33 Å². The molecule has 0 amide bonds. The molecule has 1 saturated heterocycles. The Hall–Kier alpha value is -1.76. The van der Waals surface area contributed by atoms with E-state index < -0.39 is 0 Å². The highest BCUT2D eigenvalue weighted by Crippen LogP contribution is 2.18. The van der Waals surface area contributed by atoms with Crippen molar-refractivity contribution in [3.05, 3.63) is 6.33 Å². The van der Waals surface area contributed by atoms with Crippen molar-refractivity contribution in [3.63, 3.8) is 0 Å². The molecule has 3 heterocycles. The van der Waals surface area contributed by atoms with Crippen LogP contribution in [-0.2, 0) is 11.3 Å². The first-order valence-electron chi connectivity index (χ1n) is 6.28. The molecule has 0 saturated carbocycles. The summed E-state index contributed by atoms with van der Waals surface area (Å²) in [5, 5.41) is 11.5. The van der Waals surface area contributed by atoms with Gasteiger partial charge in [0.2, 0.25) is 0 Å². The highest BCUT2D eigenvalue weighted by atomic mass is 16.5. The maximum atomic E-state index is 5.61. The lowest BCUT2D eigenvalue weighted by atomic mass is 10.2. The third-order valence-corrected chi connectivity index (χ3v) is 3.04. The van der Waals surface area contributed by atoms with E-state index in [0.717, 1.165) is 43.0 Å². The molecule has 0 spiro atoms. The Balaban J connectivity index is 1.90. The van der Waals surface area contributed by atoms with Gasteiger partial charge >= 0.3 is 0 Å². The first-order valence-corrected chi connectivity index (χ1v) is 6.28. The summed E-state index contributed by atoms with van der Waals surface area (Å²) in [6.07, 6.45) is 3.96. The molecule has 3 rings (SSSR count). The average Bonchev–Trinajstić information content (AvgIpc) is 3.01. The largest absolute Gasteiger partial charge is 0.376 e. The molecule has 2 aromatic rings. The number of hydrogen-bond acceptors (Lipinski definition) is 6. The summed E-state index contributed by atoms with van der Waals surface area (Å²) >= 11 is 0. The fraction of sp³-hybridized carbons (Fsp3) is 0.636. The Kier molecular flexibility index (Phi) is 3.06. The predicted octanol–water partition coefficient (Wildman–Crippen LogP) is 0.832. The molecule has 2 aromatic heterocycles. The van der Waals surface area contributed by atoms with Crippen LogP contribution in [0, 0.1) is 0 Å². The summed E-state index contributed by atoms with van der Waals surface area (Å²) < 4.78 is 7.40. The minimum atomic E-state index is 0.229. The fourth-order valence-corrected chi connectivity index (χ4v) is 2.19. The van der Waals surface area contributed by atoms with Crippen LogP contribution in [0.1, 0.15) is 19.8 Å². The van der Waals surface area contributed by atoms with E-state index in [-0.39, 0.29) is 6.10 Å². The molecule has 96 valence electrons. The standard InChI is InChI=1S/C11H16N6O/c1-2-12-10-9-11(14-7-13-10)17(16-15-9)6-8-4-3-5-18-8/h7-8H,2-6H2,1H3,(H,12,13,14). The molecular weight excluding hydrogens is 232 g/mol. The van der Waals surface area contributed by atoms with Gasteiger partial charge in [0.05, 0.1) is 12.6 Å². The van der Waals surface area contributed by atoms with E-state index in [4.69, 9.17) is 4.74 Å². The Labute approximate surface area is 105 Å². The van der Waals surface area contributed by atoms with E-state index in [9.17, 15) is 0 Å². The average molecular weight is 248 g/mol. The summed E-state index contributed by atoms with van der Waals surface area (Å²) in [6, 6.07) is 0. The topological polar surface area (TPSA) is 77.8 Å². The molecule has 0 aliphatic carbocycles. The summed E-state index contributed by atoms with van der Waals surface area (Å²) in [7, 11) is 0. The van der Waals surface area contributed by atoms with Crippen LogP contribution in [-0.4, -0.2) is 44.2 Å². The first-order chi connectivity index (χ1) is 8.88. The summed E-state index contributed by atoms with van der Waals surface area (Å²) in [5.74, 6) is 0.737. The van der Waals surface area contributed by atoms with Gasteiger partial charge in [-0.25, -0.2) is 14.6 Å². The minimum Gasteiger partial charge on any atom is -0.376 e. The van der Waals surface area contributed by atoms with Gasteiger partial charge in [0.1, 0.15) is 6.33 Å². The summed E-state index contributed by atoms with van der Waals surface area (Å²) in [4.78, 5) is 8.43. The van der Waals surface area contributed by atoms with Gasteiger partial charge < -0.3 is 10.1 Å². The van der Waals surface area contributed by atoms with Crippen molar-refractivity contribution in [3.8, 4) is 0 Å². The van der Waals surface area contributed by atoms with Crippen molar-refractivity contribution in [1.29, 1.82) is 0 Å². The number of hydrogen-bond donors (Lipinski definition) is 1. The van der Waals surface area contributed by atoms with Crippen LogP contribution >= 0.6 is 0 Å². The van der Waals surface area contributed by atoms with Crippen molar-refractivity contribution in [2.24, 2.45) is 0 Å². The fourth-order valence-electron chi connectivity index (χ4n) is 2.19. The SMILES string of the molecule is CCNc1ncnc2c1nnn2CC1CCCO1. The minimum absolute atomic E-state index is 0.229. The van der Waals surface area contributed by atoms with E-state index in [1.807, 2.05) is 6.92 Å². The smallest absolute Gasteiger partial charge is 0.183 e. The van der Waals surface area contributed by atoms with Gasteiger partial charge in [-0.1, -0.05) is 5.21 Å². The predicted molar refractivity (Wildman–Crippen MR) is 66.3 cm³/mol. The number of aromatic nitrogens is 5. The molecular formula is C11H16N6O. The highest BCUT2D eigenvalue weighted by Gasteiger charge is 2.19. The lowest BCUT2D eigenvalue weighted by molar-refractivity contribution is 0.0944. The lowest BCUT2D eigenvalue weighted by Crippen LogP contribution is -2.16. The number of anilines is 1. The lowest BCUT2D eigenvalue weighted by Gasteiger charge is -2.08. The Bertz CT molecular complexity index is 533. The quantitative estimate of drug-likeness (QED) is 0.863. The van der Waals surface area contributed by atoms with Crippen LogP contribution in [0.2, 0.25) is 0 Å². The third kappa shape index (κ3) is 2.01. The molecule has 1 unspecified atom stereocenters. The van der Waals surface area contributed by atoms with Crippen molar-refractivity contribution in [1.82, 2.24) is 25.0 Å². The first kappa shape index (κ1) is 11.3. The Morgan fingerprint density at radius 1 is 1.50 bits per heavy atom. The van der Waals surface area contributed by atoms with Crippen LogP contribution in [0.25, 0.3) is 11.2 Å². The van der Waals surface area contributed by atoms with Gasteiger partial charge in [-0.05, 0) is 19.8 Å². The van der Waals surface area contributed by atoms with E-state index in [0.29, 0.717) is 6.54 Å². The zero-order chi connectivity index (χ0) is 12.4. The van der Waals surface area contributed by atoms with Crippen molar-refractivity contribution < 1.29 is 4.74 Å². The highest BCUT2D eigenvalue weighted by molar-refractivity contribution is 5.81. The van der Waals surface area contributed by atoms with Crippen LogP contribution < -0.4 is 5.32 Å². The maximum Gasteiger partial charge on any atom is 0.183 e. The number of fused-ring (bicyclic) bond motifs is 1. The molecule has 0 bridgehead atoms. The summed E-state index contributed by atoms with van der Waals surface area (Å²) in [6.45, 7) is 4.36. The second-order valence-corrected chi connectivity index (χ2v) is 4.33. The van der Waals surface area contributed by atoms with Crippen LogP contribution in [0.4, 0.5) is 5.82 Å². The molecule has 18 heavy (non-hydrogen) atoms. The molecule has 1 fully saturated rings. The second-order valence-electron chi connectivity index (χ2n) is 4.33. The Morgan fingerprint density at radius 3 is 3.22 bits per heavy atom. The van der Waals surface area contributed by atoms with Crippen LogP contribution in [0.5, 0.6) is 0 Å². The van der Waals surface area contributed by atoms with E-state index in [2.05, 4.69) is 25.6 Å². The van der Waals surface area contributed by atoms with Gasteiger partial charge in [-0.15, -0.1) is 5.10 Å². The van der Waals surface area contributed by atoms with Crippen molar-refractivity contribution in [2.45, 2.75) is 32.4 Å². The maximum absolute atomic E-state index is 5.61. The summed E-state index contributed by atoms with van der Waals surface area (Å²) in [5.41, 5.74) is 1.48. The van der Waals surface area contributed by atoms with E-state index >= 15 is 0 Å². The molecule has 1 aliphatic rings. The van der Waals surface area contributed by atoms with E-state index in [1.165, 1.54) is 6.33 Å².